The molecule has 3 nitrogen and oxygen atoms in total. The maximum Gasteiger partial charge on any atom is 0.133 e. The molecule has 0 fully saturated rings. The Morgan fingerprint density at radius 2 is 1.49 bits per heavy atom. The van der Waals surface area contributed by atoms with E-state index in [4.69, 9.17) is 16.6 Å². The molecule has 4 heteroatoms. The van der Waals surface area contributed by atoms with E-state index in [2.05, 4.69) is 47.4 Å². The van der Waals surface area contributed by atoms with Gasteiger partial charge in [0.2, 0.25) is 0 Å². The third-order valence-electron chi connectivity index (χ3n) is 6.82. The Kier molecular flexibility index (Phi) is 6.57. The minimum absolute atomic E-state index is 0.418. The normalized spacial score (nSPS) is 14.3. The van der Waals surface area contributed by atoms with E-state index in [1.54, 1.807) is 0 Å². The number of fused-ring (bicyclic) bond motifs is 2. The van der Waals surface area contributed by atoms with Crippen LogP contribution in [0.4, 0.5) is 0 Å². The van der Waals surface area contributed by atoms with E-state index in [1.807, 2.05) is 74.8 Å². The maximum absolute atomic E-state index is 12.9. The fourth-order valence-corrected chi connectivity index (χ4v) is 5.36. The quantitative estimate of drug-likeness (QED) is 0.254. The van der Waals surface area contributed by atoms with Crippen molar-refractivity contribution in [3.8, 4) is 0 Å². The van der Waals surface area contributed by atoms with Crippen molar-refractivity contribution in [2.75, 3.05) is 20.6 Å². The monoisotopic (exact) mass is 480 g/mol. The molecule has 0 bridgehead atoms. The molecule has 35 heavy (non-hydrogen) atoms. The summed E-state index contributed by atoms with van der Waals surface area (Å²) in [6.45, 7) is 0.710. The molecule has 0 spiro atoms. The molecule has 0 aliphatic carbocycles. The molecule has 0 aliphatic heterocycles. The van der Waals surface area contributed by atoms with Crippen LogP contribution in [0.5, 0.6) is 0 Å². The molecule has 0 aliphatic rings. The van der Waals surface area contributed by atoms with E-state index in [9.17, 15) is 5.11 Å². The summed E-state index contributed by atoms with van der Waals surface area (Å²) in [5, 5.41) is 16.4. The summed E-state index contributed by atoms with van der Waals surface area (Å²) in [5.41, 5.74) is 2.33. The Balaban J connectivity index is 1.82. The highest BCUT2D eigenvalue weighted by Crippen LogP contribution is 2.48. The number of pyridine rings is 1. The number of halogens is 1. The highest BCUT2D eigenvalue weighted by molar-refractivity contribution is 6.30. The van der Waals surface area contributed by atoms with Gasteiger partial charge in [0.1, 0.15) is 10.8 Å². The van der Waals surface area contributed by atoms with Gasteiger partial charge in [-0.25, -0.2) is 4.98 Å². The van der Waals surface area contributed by atoms with Gasteiger partial charge < -0.3 is 10.0 Å². The van der Waals surface area contributed by atoms with E-state index in [-0.39, 0.29) is 0 Å². The van der Waals surface area contributed by atoms with Crippen LogP contribution in [0.1, 0.15) is 29.0 Å². The van der Waals surface area contributed by atoms with E-state index in [0.29, 0.717) is 18.1 Å². The molecule has 0 saturated carbocycles. The summed E-state index contributed by atoms with van der Waals surface area (Å²) < 4.78 is 0. The molecule has 1 heterocycles. The molecule has 1 N–H and O–H groups in total. The van der Waals surface area contributed by atoms with Gasteiger partial charge in [-0.05, 0) is 54.5 Å². The number of rotatable bonds is 7. The molecular weight excluding hydrogens is 452 g/mol. The molecule has 1 aromatic heterocycles. The number of aliphatic hydroxyl groups is 1. The van der Waals surface area contributed by atoms with Crippen molar-refractivity contribution in [2.45, 2.75) is 17.9 Å². The molecule has 2 atom stereocenters. The molecule has 4 aromatic carbocycles. The Morgan fingerprint density at radius 3 is 2.26 bits per heavy atom. The van der Waals surface area contributed by atoms with Crippen LogP contribution in [0.25, 0.3) is 21.7 Å². The highest BCUT2D eigenvalue weighted by atomic mass is 35.5. The Morgan fingerprint density at radius 1 is 0.829 bits per heavy atom. The first kappa shape index (κ1) is 23.5. The van der Waals surface area contributed by atoms with Gasteiger partial charge in [-0.3, -0.25) is 0 Å². The standard InChI is InChI=1S/C31H29ClN2O/c1-34(2)20-19-31(35,27-17-10-15-22-11-6-8-16-25(22)27)29(23-12-4-3-5-13-23)26-21-24-14-7-9-18-28(24)33-30(26)32/h3-18,21,29,35H,19-20H2,1-2H3. The smallest absolute Gasteiger partial charge is 0.133 e. The topological polar surface area (TPSA) is 36.4 Å². The van der Waals surface area contributed by atoms with Crippen molar-refractivity contribution in [3.05, 3.63) is 125 Å². The third kappa shape index (κ3) is 4.55. The van der Waals surface area contributed by atoms with Crippen LogP contribution in [0.2, 0.25) is 5.15 Å². The Labute approximate surface area is 211 Å². The fraction of sp³-hybridized carbons (Fsp3) is 0.194. The second-order valence-electron chi connectivity index (χ2n) is 9.41. The van der Waals surface area contributed by atoms with Gasteiger partial charge >= 0.3 is 0 Å². The maximum atomic E-state index is 12.9. The van der Waals surface area contributed by atoms with Gasteiger partial charge in [0.25, 0.3) is 0 Å². The predicted molar refractivity (Wildman–Crippen MR) is 146 cm³/mol. The van der Waals surface area contributed by atoms with Crippen LogP contribution < -0.4 is 0 Å². The lowest BCUT2D eigenvalue weighted by Crippen LogP contribution is -2.38. The van der Waals surface area contributed by atoms with Crippen molar-refractivity contribution in [1.82, 2.24) is 9.88 Å². The molecule has 2 unspecified atom stereocenters. The molecule has 0 amide bonds. The minimum atomic E-state index is -1.24. The van der Waals surface area contributed by atoms with E-state index >= 15 is 0 Å². The second kappa shape index (κ2) is 9.79. The molecule has 5 aromatic rings. The molecule has 5 rings (SSSR count). The van der Waals surface area contributed by atoms with Gasteiger partial charge in [-0.1, -0.05) is 103 Å². The average Bonchev–Trinajstić information content (AvgIpc) is 2.88. The van der Waals surface area contributed by atoms with Gasteiger partial charge in [-0.15, -0.1) is 0 Å². The van der Waals surface area contributed by atoms with Crippen LogP contribution >= 0.6 is 11.6 Å². The zero-order chi connectivity index (χ0) is 24.4. The van der Waals surface area contributed by atoms with Crippen LogP contribution in [0.3, 0.4) is 0 Å². The average molecular weight is 481 g/mol. The first-order valence-electron chi connectivity index (χ1n) is 11.9. The minimum Gasteiger partial charge on any atom is -0.384 e. The van der Waals surface area contributed by atoms with Crippen molar-refractivity contribution < 1.29 is 5.11 Å². The zero-order valence-electron chi connectivity index (χ0n) is 20.0. The van der Waals surface area contributed by atoms with E-state index in [1.165, 1.54) is 0 Å². The number of hydrogen-bond acceptors (Lipinski definition) is 3. The summed E-state index contributed by atoms with van der Waals surface area (Å²) in [7, 11) is 4.07. The van der Waals surface area contributed by atoms with Crippen LogP contribution in [0.15, 0.2) is 103 Å². The van der Waals surface area contributed by atoms with Crippen LogP contribution in [-0.4, -0.2) is 35.6 Å². The zero-order valence-corrected chi connectivity index (χ0v) is 20.8. The first-order valence-corrected chi connectivity index (χ1v) is 12.3. The number of hydrogen-bond donors (Lipinski definition) is 1. The summed E-state index contributed by atoms with van der Waals surface area (Å²) >= 11 is 6.89. The van der Waals surface area contributed by atoms with Crippen molar-refractivity contribution in [3.63, 3.8) is 0 Å². The Hall–Kier alpha value is -3.24. The highest BCUT2D eigenvalue weighted by Gasteiger charge is 2.42. The SMILES string of the molecule is CN(C)CCC(O)(c1cccc2ccccc12)C(c1ccccc1)c1cc2ccccc2nc1Cl. The van der Waals surface area contributed by atoms with Gasteiger partial charge in [-0.2, -0.15) is 0 Å². The van der Waals surface area contributed by atoms with Crippen molar-refractivity contribution in [1.29, 1.82) is 0 Å². The number of aromatic nitrogens is 1. The Bertz CT molecular complexity index is 1460. The lowest BCUT2D eigenvalue weighted by molar-refractivity contribution is 0.00586. The van der Waals surface area contributed by atoms with Gasteiger partial charge in [0.15, 0.2) is 0 Å². The number of para-hydroxylation sites is 1. The lowest BCUT2D eigenvalue weighted by Gasteiger charge is -2.39. The summed E-state index contributed by atoms with van der Waals surface area (Å²) in [4.78, 5) is 6.84. The largest absolute Gasteiger partial charge is 0.384 e. The summed E-state index contributed by atoms with van der Waals surface area (Å²) in [5.74, 6) is -0.418. The van der Waals surface area contributed by atoms with E-state index < -0.39 is 11.5 Å². The lowest BCUT2D eigenvalue weighted by atomic mass is 9.71. The molecule has 0 radical (unpaired) electrons. The first-order chi connectivity index (χ1) is 17.0. The number of benzene rings is 4. The van der Waals surface area contributed by atoms with Crippen molar-refractivity contribution in [2.24, 2.45) is 0 Å². The van der Waals surface area contributed by atoms with Crippen LogP contribution in [0, 0.1) is 0 Å². The summed E-state index contributed by atoms with van der Waals surface area (Å²) in [6, 6.07) is 34.6. The molecular formula is C31H29ClN2O. The fourth-order valence-electron chi connectivity index (χ4n) is 5.10. The molecule has 176 valence electrons. The second-order valence-corrected chi connectivity index (χ2v) is 9.77. The predicted octanol–water partition coefficient (Wildman–Crippen LogP) is 7.01. The molecule has 0 saturated heterocycles. The van der Waals surface area contributed by atoms with Gasteiger partial charge in [0, 0.05) is 23.4 Å². The van der Waals surface area contributed by atoms with E-state index in [0.717, 1.165) is 38.4 Å². The number of nitrogens with zero attached hydrogens (tertiary/aromatic N) is 2. The third-order valence-corrected chi connectivity index (χ3v) is 7.12. The van der Waals surface area contributed by atoms with Gasteiger partial charge in [0.05, 0.1) is 5.52 Å². The van der Waals surface area contributed by atoms with Crippen molar-refractivity contribution >= 4 is 33.3 Å². The summed E-state index contributed by atoms with van der Waals surface area (Å²) in [6.07, 6.45) is 0.525. The van der Waals surface area contributed by atoms with Crippen LogP contribution in [-0.2, 0) is 5.60 Å².